The van der Waals surface area contributed by atoms with Gasteiger partial charge in [0.05, 0.1) is 24.0 Å². The van der Waals surface area contributed by atoms with Crippen LogP contribution >= 0.6 is 0 Å². The van der Waals surface area contributed by atoms with E-state index in [9.17, 15) is 23.6 Å². The fraction of sp³-hybridized carbons (Fsp3) is 0.152. The van der Waals surface area contributed by atoms with E-state index >= 15 is 0 Å². The molecule has 0 aliphatic carbocycles. The SMILES string of the molecule is CC.Cc1cccc(Oc2cccc3c2C(=O)NC(=O)C3)c1.O=C1Cc2cccc(Oc3ccccc3F)c2C(=O)N1. The number of carbonyl (C=O) groups excluding carboxylic acids is 4. The van der Waals surface area contributed by atoms with Crippen LogP contribution in [0.1, 0.15) is 51.3 Å². The van der Waals surface area contributed by atoms with Crippen LogP contribution in [0.25, 0.3) is 0 Å². The van der Waals surface area contributed by atoms with Gasteiger partial charge in [-0.15, -0.1) is 0 Å². The lowest BCUT2D eigenvalue weighted by Crippen LogP contribution is -2.37. The number of nitrogens with one attached hydrogen (secondary N) is 2. The van der Waals surface area contributed by atoms with Gasteiger partial charge in [0.1, 0.15) is 17.2 Å². The van der Waals surface area contributed by atoms with E-state index in [1.807, 2.05) is 45.0 Å². The Morgan fingerprint density at radius 2 is 1.12 bits per heavy atom. The minimum absolute atomic E-state index is 0.0330. The minimum atomic E-state index is -0.525. The molecule has 4 aromatic carbocycles. The smallest absolute Gasteiger partial charge is 0.261 e. The van der Waals surface area contributed by atoms with Gasteiger partial charge in [0.25, 0.3) is 11.8 Å². The quantitative estimate of drug-likeness (QED) is 0.290. The molecule has 0 fully saturated rings. The number of benzene rings is 4. The number of halogens is 1. The second-order valence-corrected chi connectivity index (χ2v) is 9.14. The summed E-state index contributed by atoms with van der Waals surface area (Å²) in [5, 5.41) is 4.54. The standard InChI is InChI=1S/C16H13NO3.C15H10FNO3.C2H6/c1-10-4-2-6-12(8-10)20-13-7-3-5-11-9-14(18)17-16(19)15(11)13;16-10-5-1-2-6-11(10)20-12-7-3-4-9-8-13(18)17-15(19)14(9)12;1-2/h2-8H,9H2,1H3,(H,17,18,19);1-7H,8H2,(H,17,18,19);1-2H3. The molecule has 4 aromatic rings. The van der Waals surface area contributed by atoms with Gasteiger partial charge in [0, 0.05) is 0 Å². The number of rotatable bonds is 4. The van der Waals surface area contributed by atoms with Crippen molar-refractivity contribution in [1.82, 2.24) is 10.6 Å². The Kier molecular flexibility index (Phi) is 9.44. The first-order valence-corrected chi connectivity index (χ1v) is 13.4. The summed E-state index contributed by atoms with van der Waals surface area (Å²) in [6.07, 6.45) is 0.307. The predicted molar refractivity (Wildman–Crippen MR) is 154 cm³/mol. The van der Waals surface area contributed by atoms with Gasteiger partial charge in [-0.2, -0.15) is 0 Å². The number of hydrogen-bond donors (Lipinski definition) is 2. The largest absolute Gasteiger partial charge is 0.457 e. The molecule has 4 amide bonds. The third-order valence-electron chi connectivity index (χ3n) is 6.16. The van der Waals surface area contributed by atoms with Crippen LogP contribution in [0, 0.1) is 12.7 Å². The number of ether oxygens (including phenoxy) is 2. The lowest BCUT2D eigenvalue weighted by Gasteiger charge is -2.18. The number of imide groups is 2. The van der Waals surface area contributed by atoms with Gasteiger partial charge in [-0.05, 0) is 60.0 Å². The summed E-state index contributed by atoms with van der Waals surface area (Å²) in [7, 11) is 0. The van der Waals surface area contributed by atoms with E-state index in [0.717, 1.165) is 5.56 Å². The van der Waals surface area contributed by atoms with Crippen molar-refractivity contribution in [3.8, 4) is 23.0 Å². The van der Waals surface area contributed by atoms with Crippen molar-refractivity contribution in [3.05, 3.63) is 119 Å². The number of amides is 4. The molecule has 8 nitrogen and oxygen atoms in total. The lowest BCUT2D eigenvalue weighted by molar-refractivity contribution is -0.120. The molecule has 0 aromatic heterocycles. The molecule has 2 aliphatic heterocycles. The van der Waals surface area contributed by atoms with Crippen LogP contribution in [0.3, 0.4) is 0 Å². The second-order valence-electron chi connectivity index (χ2n) is 9.14. The zero-order valence-corrected chi connectivity index (χ0v) is 23.3. The van der Waals surface area contributed by atoms with Gasteiger partial charge in [-0.25, -0.2) is 4.39 Å². The molecule has 214 valence electrons. The van der Waals surface area contributed by atoms with Crippen molar-refractivity contribution in [3.63, 3.8) is 0 Å². The molecule has 0 spiro atoms. The molecule has 2 heterocycles. The third-order valence-corrected chi connectivity index (χ3v) is 6.16. The number of aryl methyl sites for hydroxylation is 1. The summed E-state index contributed by atoms with van der Waals surface area (Å²) in [5.41, 5.74) is 3.06. The summed E-state index contributed by atoms with van der Waals surface area (Å²) in [6.45, 7) is 5.97. The van der Waals surface area contributed by atoms with Crippen LogP contribution in [0.5, 0.6) is 23.0 Å². The first-order valence-electron chi connectivity index (χ1n) is 13.4. The highest BCUT2D eigenvalue weighted by Crippen LogP contribution is 2.32. The van der Waals surface area contributed by atoms with Crippen molar-refractivity contribution >= 4 is 23.6 Å². The van der Waals surface area contributed by atoms with E-state index in [-0.39, 0.29) is 41.7 Å². The minimum Gasteiger partial charge on any atom is -0.457 e. The highest BCUT2D eigenvalue weighted by molar-refractivity contribution is 6.12. The maximum atomic E-state index is 13.6. The number of hydrogen-bond acceptors (Lipinski definition) is 6. The van der Waals surface area contributed by atoms with Crippen LogP contribution in [-0.4, -0.2) is 23.6 Å². The Balaban J connectivity index is 0.000000182. The van der Waals surface area contributed by atoms with Crippen molar-refractivity contribution in [2.75, 3.05) is 0 Å². The summed E-state index contributed by atoms with van der Waals surface area (Å²) >= 11 is 0. The Hall–Kier alpha value is -5.31. The third kappa shape index (κ3) is 6.87. The maximum absolute atomic E-state index is 13.6. The second kappa shape index (κ2) is 13.4. The Bertz CT molecular complexity index is 1670. The Morgan fingerprint density at radius 3 is 1.67 bits per heavy atom. The van der Waals surface area contributed by atoms with Crippen molar-refractivity contribution in [2.24, 2.45) is 0 Å². The summed E-state index contributed by atoms with van der Waals surface area (Å²) < 4.78 is 24.8. The molecule has 9 heteroatoms. The van der Waals surface area contributed by atoms with Gasteiger partial charge >= 0.3 is 0 Å². The van der Waals surface area contributed by atoms with Crippen LogP contribution < -0.4 is 20.1 Å². The zero-order chi connectivity index (χ0) is 30.2. The number of para-hydroxylation sites is 1. The molecule has 2 N–H and O–H groups in total. The first kappa shape index (κ1) is 29.7. The monoisotopic (exact) mass is 568 g/mol. The molecule has 0 saturated carbocycles. The van der Waals surface area contributed by atoms with Gasteiger partial charge in [0.15, 0.2) is 11.6 Å². The lowest BCUT2D eigenvalue weighted by atomic mass is 9.99. The highest BCUT2D eigenvalue weighted by atomic mass is 19.1. The molecule has 0 atom stereocenters. The first-order chi connectivity index (χ1) is 20.3. The van der Waals surface area contributed by atoms with E-state index in [1.165, 1.54) is 12.1 Å². The van der Waals surface area contributed by atoms with Gasteiger partial charge in [-0.3, -0.25) is 29.8 Å². The topological polar surface area (TPSA) is 111 Å². The van der Waals surface area contributed by atoms with Crippen molar-refractivity contribution < 1.29 is 33.0 Å². The summed E-state index contributed by atoms with van der Waals surface area (Å²) in [5.74, 6) is -0.676. The fourth-order valence-corrected chi connectivity index (χ4v) is 4.40. The number of fused-ring (bicyclic) bond motifs is 2. The maximum Gasteiger partial charge on any atom is 0.261 e. The fourth-order valence-electron chi connectivity index (χ4n) is 4.40. The Morgan fingerprint density at radius 1 is 0.619 bits per heavy atom. The molecule has 2 aliphatic rings. The van der Waals surface area contributed by atoms with Crippen LogP contribution in [-0.2, 0) is 22.4 Å². The molecule has 0 saturated heterocycles. The van der Waals surface area contributed by atoms with Crippen LogP contribution in [0.15, 0.2) is 84.9 Å². The molecule has 0 radical (unpaired) electrons. The van der Waals surface area contributed by atoms with E-state index < -0.39 is 17.6 Å². The average Bonchev–Trinajstić information content (AvgIpc) is 2.95. The molecular weight excluding hydrogens is 539 g/mol. The molecule has 42 heavy (non-hydrogen) atoms. The Labute approximate surface area is 242 Å². The average molecular weight is 569 g/mol. The van der Waals surface area contributed by atoms with E-state index in [0.29, 0.717) is 28.2 Å². The van der Waals surface area contributed by atoms with Crippen LogP contribution in [0.2, 0.25) is 0 Å². The summed E-state index contributed by atoms with van der Waals surface area (Å²) in [6, 6.07) is 23.7. The van der Waals surface area contributed by atoms with Crippen molar-refractivity contribution in [1.29, 1.82) is 0 Å². The predicted octanol–water partition coefficient (Wildman–Crippen LogP) is 6.06. The van der Waals surface area contributed by atoms with Crippen LogP contribution in [0.4, 0.5) is 4.39 Å². The van der Waals surface area contributed by atoms with E-state index in [2.05, 4.69) is 10.6 Å². The van der Waals surface area contributed by atoms with Gasteiger partial charge in [0.2, 0.25) is 11.8 Å². The van der Waals surface area contributed by atoms with Crippen molar-refractivity contribution in [2.45, 2.75) is 33.6 Å². The van der Waals surface area contributed by atoms with E-state index in [4.69, 9.17) is 9.47 Å². The summed E-state index contributed by atoms with van der Waals surface area (Å²) in [4.78, 5) is 46.6. The molecular formula is C33H29FN2O6. The number of carbonyl (C=O) groups is 4. The molecule has 0 bridgehead atoms. The van der Waals surface area contributed by atoms with E-state index in [1.54, 1.807) is 48.5 Å². The normalized spacial score (nSPS) is 13.1. The zero-order valence-electron chi connectivity index (χ0n) is 23.3. The van der Waals surface area contributed by atoms with Gasteiger partial charge < -0.3 is 9.47 Å². The molecule has 6 rings (SSSR count). The highest BCUT2D eigenvalue weighted by Gasteiger charge is 2.27. The molecule has 0 unspecified atom stereocenters. The van der Waals surface area contributed by atoms with Gasteiger partial charge in [-0.1, -0.05) is 62.4 Å².